The van der Waals surface area contributed by atoms with Crippen LogP contribution in [0.3, 0.4) is 0 Å². The summed E-state index contributed by atoms with van der Waals surface area (Å²) in [7, 11) is 1.45. The zero-order chi connectivity index (χ0) is 10.6. The molecule has 0 aliphatic heterocycles. The number of benzene rings is 1. The number of aromatic hydroxyl groups is 1. The second-order valence-corrected chi connectivity index (χ2v) is 3.13. The van der Waals surface area contributed by atoms with Gasteiger partial charge >= 0.3 is 0 Å². The van der Waals surface area contributed by atoms with Gasteiger partial charge in [-0.3, -0.25) is 4.79 Å². The van der Waals surface area contributed by atoms with E-state index in [1.807, 2.05) is 0 Å². The molecule has 1 rings (SSSR count). The van der Waals surface area contributed by atoms with Crippen LogP contribution >= 0.6 is 11.6 Å². The lowest BCUT2D eigenvalue weighted by Gasteiger charge is -2.04. The van der Waals surface area contributed by atoms with Gasteiger partial charge in [-0.05, 0) is 18.2 Å². The minimum atomic E-state index is -0.0852. The minimum absolute atomic E-state index is 0.0343. The number of phenolic OH excluding ortho intramolecular Hbond substituents is 1. The first-order valence-electron chi connectivity index (χ1n) is 4.15. The summed E-state index contributed by atoms with van der Waals surface area (Å²) in [6.07, 6.45) is 0.271. The summed E-state index contributed by atoms with van der Waals surface area (Å²) < 4.78 is 4.85. The highest BCUT2D eigenvalue weighted by molar-refractivity contribution is 6.19. The molecule has 0 radical (unpaired) electrons. The highest BCUT2D eigenvalue weighted by atomic mass is 35.5. The van der Waals surface area contributed by atoms with Crippen molar-refractivity contribution < 1.29 is 14.6 Å². The van der Waals surface area contributed by atoms with Gasteiger partial charge in [0.15, 0.2) is 17.3 Å². The number of halogens is 1. The molecule has 0 bridgehead atoms. The molecule has 0 saturated carbocycles. The molecule has 1 aromatic carbocycles. The fourth-order valence-electron chi connectivity index (χ4n) is 1.09. The average molecular weight is 215 g/mol. The fourth-order valence-corrected chi connectivity index (χ4v) is 1.27. The van der Waals surface area contributed by atoms with Crippen LogP contribution in [-0.4, -0.2) is 23.9 Å². The van der Waals surface area contributed by atoms with Gasteiger partial charge < -0.3 is 9.84 Å². The topological polar surface area (TPSA) is 46.5 Å². The number of methoxy groups -OCH3 is 1. The van der Waals surface area contributed by atoms with Crippen LogP contribution < -0.4 is 4.74 Å². The Labute approximate surface area is 87.3 Å². The molecular formula is C10H11ClO3. The number of phenols is 1. The quantitative estimate of drug-likeness (QED) is 0.618. The van der Waals surface area contributed by atoms with Crippen molar-refractivity contribution in [3.05, 3.63) is 23.8 Å². The number of rotatable bonds is 4. The molecule has 76 valence electrons. The standard InChI is InChI=1S/C10H11ClO3/c1-14-10-3-2-7(6-9(10)13)8(12)4-5-11/h2-3,6,13H,4-5H2,1H3. The van der Waals surface area contributed by atoms with Crippen molar-refractivity contribution >= 4 is 17.4 Å². The minimum Gasteiger partial charge on any atom is -0.504 e. The van der Waals surface area contributed by atoms with E-state index in [0.29, 0.717) is 11.3 Å². The molecule has 3 nitrogen and oxygen atoms in total. The average Bonchev–Trinajstić information content (AvgIpc) is 2.18. The number of hydrogen-bond donors (Lipinski definition) is 1. The first-order valence-corrected chi connectivity index (χ1v) is 4.68. The van der Waals surface area contributed by atoms with Crippen molar-refractivity contribution in [3.8, 4) is 11.5 Å². The normalized spacial score (nSPS) is 9.86. The van der Waals surface area contributed by atoms with Crippen molar-refractivity contribution in [2.45, 2.75) is 6.42 Å². The highest BCUT2D eigenvalue weighted by Gasteiger charge is 2.08. The van der Waals surface area contributed by atoms with Gasteiger partial charge in [-0.2, -0.15) is 0 Å². The molecule has 0 aromatic heterocycles. The Morgan fingerprint density at radius 3 is 2.79 bits per heavy atom. The molecule has 0 unspecified atom stereocenters. The highest BCUT2D eigenvalue weighted by Crippen LogP contribution is 2.26. The van der Waals surface area contributed by atoms with E-state index < -0.39 is 0 Å². The van der Waals surface area contributed by atoms with Gasteiger partial charge in [0.05, 0.1) is 7.11 Å². The predicted molar refractivity (Wildman–Crippen MR) is 54.3 cm³/mol. The van der Waals surface area contributed by atoms with Crippen molar-refractivity contribution in [2.75, 3.05) is 13.0 Å². The molecule has 1 aromatic rings. The van der Waals surface area contributed by atoms with E-state index in [4.69, 9.17) is 16.3 Å². The third kappa shape index (κ3) is 2.39. The largest absolute Gasteiger partial charge is 0.504 e. The third-order valence-corrected chi connectivity index (χ3v) is 2.01. The van der Waals surface area contributed by atoms with Gasteiger partial charge in [0, 0.05) is 17.9 Å². The lowest BCUT2D eigenvalue weighted by atomic mass is 10.1. The molecule has 0 fully saturated rings. The van der Waals surface area contributed by atoms with E-state index in [-0.39, 0.29) is 23.8 Å². The molecule has 0 saturated heterocycles. The number of alkyl halides is 1. The summed E-state index contributed by atoms with van der Waals surface area (Å²) in [6.45, 7) is 0. The van der Waals surface area contributed by atoms with Gasteiger partial charge in [0.1, 0.15) is 0 Å². The Hall–Kier alpha value is -1.22. The molecule has 0 heterocycles. The second-order valence-electron chi connectivity index (χ2n) is 2.75. The first kappa shape index (κ1) is 10.9. The Bertz CT molecular complexity index is 336. The summed E-state index contributed by atoms with van der Waals surface area (Å²) >= 11 is 5.44. The van der Waals surface area contributed by atoms with Gasteiger partial charge in [-0.1, -0.05) is 0 Å². The number of ketones is 1. The van der Waals surface area contributed by atoms with E-state index in [2.05, 4.69) is 0 Å². The van der Waals surface area contributed by atoms with E-state index in [0.717, 1.165) is 0 Å². The number of Topliss-reactive ketones (excluding diaryl/α,β-unsaturated/α-hetero) is 1. The molecule has 0 amide bonds. The molecule has 0 aliphatic carbocycles. The van der Waals surface area contributed by atoms with E-state index >= 15 is 0 Å². The monoisotopic (exact) mass is 214 g/mol. The fraction of sp³-hybridized carbons (Fsp3) is 0.300. The molecule has 0 atom stereocenters. The summed E-state index contributed by atoms with van der Waals surface area (Å²) in [4.78, 5) is 11.4. The lowest BCUT2D eigenvalue weighted by Crippen LogP contribution is -1.99. The zero-order valence-corrected chi connectivity index (χ0v) is 8.54. The first-order chi connectivity index (χ1) is 6.69. The number of ether oxygens (including phenoxy) is 1. The number of hydrogen-bond acceptors (Lipinski definition) is 3. The molecule has 4 heteroatoms. The Kier molecular flexibility index (Phi) is 3.77. The SMILES string of the molecule is COc1ccc(C(=O)CCCl)cc1O. The predicted octanol–water partition coefficient (Wildman–Crippen LogP) is 2.21. The van der Waals surface area contributed by atoms with E-state index in [1.54, 1.807) is 12.1 Å². The maximum atomic E-state index is 11.4. The smallest absolute Gasteiger partial charge is 0.164 e. The van der Waals surface area contributed by atoms with Crippen LogP contribution in [-0.2, 0) is 0 Å². The summed E-state index contributed by atoms with van der Waals surface area (Å²) in [5.41, 5.74) is 0.448. The number of carbonyl (C=O) groups excluding carboxylic acids is 1. The van der Waals surface area contributed by atoms with Gasteiger partial charge in [0.2, 0.25) is 0 Å². The van der Waals surface area contributed by atoms with Crippen LogP contribution in [0.15, 0.2) is 18.2 Å². The zero-order valence-electron chi connectivity index (χ0n) is 7.79. The second kappa shape index (κ2) is 4.86. The summed E-state index contributed by atoms with van der Waals surface area (Å²) in [5.74, 6) is 0.518. The molecule has 14 heavy (non-hydrogen) atoms. The van der Waals surface area contributed by atoms with Crippen LogP contribution in [0.2, 0.25) is 0 Å². The van der Waals surface area contributed by atoms with Crippen LogP contribution in [0.4, 0.5) is 0 Å². The molecule has 0 spiro atoms. The Morgan fingerprint density at radius 1 is 1.57 bits per heavy atom. The van der Waals surface area contributed by atoms with Gasteiger partial charge in [-0.15, -0.1) is 11.6 Å². The lowest BCUT2D eigenvalue weighted by molar-refractivity contribution is 0.0989. The van der Waals surface area contributed by atoms with Crippen molar-refractivity contribution in [1.29, 1.82) is 0 Å². The molecule has 1 N–H and O–H groups in total. The maximum Gasteiger partial charge on any atom is 0.164 e. The van der Waals surface area contributed by atoms with Gasteiger partial charge in [-0.25, -0.2) is 0 Å². The van der Waals surface area contributed by atoms with Crippen LogP contribution in [0.5, 0.6) is 11.5 Å². The van der Waals surface area contributed by atoms with E-state index in [9.17, 15) is 9.90 Å². The summed E-state index contributed by atoms with van der Waals surface area (Å²) in [5, 5.41) is 9.40. The molecular weight excluding hydrogens is 204 g/mol. The van der Waals surface area contributed by atoms with Crippen molar-refractivity contribution in [3.63, 3.8) is 0 Å². The summed E-state index contributed by atoms with van der Waals surface area (Å²) in [6, 6.07) is 4.54. The maximum absolute atomic E-state index is 11.4. The van der Waals surface area contributed by atoms with Crippen LogP contribution in [0, 0.1) is 0 Å². The van der Waals surface area contributed by atoms with Crippen LogP contribution in [0.25, 0.3) is 0 Å². The Morgan fingerprint density at radius 2 is 2.29 bits per heavy atom. The third-order valence-electron chi connectivity index (χ3n) is 1.82. The van der Waals surface area contributed by atoms with Crippen molar-refractivity contribution in [1.82, 2.24) is 0 Å². The van der Waals surface area contributed by atoms with Gasteiger partial charge in [0.25, 0.3) is 0 Å². The van der Waals surface area contributed by atoms with Crippen LogP contribution in [0.1, 0.15) is 16.8 Å². The Balaban J connectivity index is 2.91. The van der Waals surface area contributed by atoms with E-state index in [1.165, 1.54) is 13.2 Å². The molecule has 0 aliphatic rings. The van der Waals surface area contributed by atoms with Crippen molar-refractivity contribution in [2.24, 2.45) is 0 Å². The number of carbonyl (C=O) groups is 1.